The van der Waals surface area contributed by atoms with E-state index in [1.54, 1.807) is 0 Å². The minimum absolute atomic E-state index is 0.210. The van der Waals surface area contributed by atoms with Gasteiger partial charge in [0.2, 0.25) is 5.82 Å². The molecular weight excluding hydrogens is 525 g/mol. The lowest BCUT2D eigenvalue weighted by Gasteiger charge is -2.47. The second-order valence-electron chi connectivity index (χ2n) is 10.9. The molecule has 7 heteroatoms. The van der Waals surface area contributed by atoms with Crippen LogP contribution in [0.2, 0.25) is 0 Å². The number of hydrogen-bond acceptors (Lipinski definition) is 2. The van der Waals surface area contributed by atoms with Crippen molar-refractivity contribution < 1.29 is 22.0 Å². The number of allylic oxidation sites excluding steroid dienone is 2. The quantitative estimate of drug-likeness (QED) is 0.0689. The van der Waals surface area contributed by atoms with E-state index in [1.807, 2.05) is 13.0 Å². The number of rotatable bonds is 12. The summed E-state index contributed by atoms with van der Waals surface area (Å²) in [6.45, 7) is 12.4. The molecule has 0 bridgehead atoms. The zero-order chi connectivity index (χ0) is 28.9. The van der Waals surface area contributed by atoms with Crippen LogP contribution in [0.15, 0.2) is 23.8 Å². The predicted octanol–water partition coefficient (Wildman–Crippen LogP) is 8.80. The van der Waals surface area contributed by atoms with Gasteiger partial charge in [-0.25, -0.2) is 22.0 Å². The number of hydrogen-bond donors (Lipinski definition) is 1. The van der Waals surface area contributed by atoms with E-state index in [2.05, 4.69) is 45.1 Å². The molecule has 0 saturated heterocycles. The van der Waals surface area contributed by atoms with Gasteiger partial charge < -0.3 is 5.32 Å². The van der Waals surface area contributed by atoms with Gasteiger partial charge in [-0.05, 0) is 80.7 Å². The van der Waals surface area contributed by atoms with Gasteiger partial charge in [-0.1, -0.05) is 63.2 Å². The average Bonchev–Trinajstić information content (AvgIpc) is 2.92. The Morgan fingerprint density at radius 3 is 2.28 bits per heavy atom. The number of nitrogens with one attached hydrogen (secondary N) is 1. The van der Waals surface area contributed by atoms with Crippen LogP contribution in [0.5, 0.6) is 0 Å². The van der Waals surface area contributed by atoms with Gasteiger partial charge in [-0.15, -0.1) is 0 Å². The summed E-state index contributed by atoms with van der Waals surface area (Å²) in [6.07, 6.45) is 7.60. The van der Waals surface area contributed by atoms with Gasteiger partial charge in [-0.2, -0.15) is 0 Å². The van der Waals surface area contributed by atoms with E-state index in [4.69, 9.17) is 12.2 Å². The molecule has 0 aromatic heterocycles. The summed E-state index contributed by atoms with van der Waals surface area (Å²) in [6, 6.07) is 4.49. The van der Waals surface area contributed by atoms with Crippen LogP contribution in [-0.2, 0) is 24.7 Å². The number of thiocarbonyl (C=S) groups is 1. The Morgan fingerprint density at radius 2 is 1.69 bits per heavy atom. The molecule has 0 heterocycles. The van der Waals surface area contributed by atoms with Crippen LogP contribution >= 0.6 is 12.2 Å². The van der Waals surface area contributed by atoms with Crippen LogP contribution in [0.1, 0.15) is 87.6 Å². The average molecular weight is 566 g/mol. The molecule has 39 heavy (non-hydrogen) atoms. The number of unbranched alkanes of at least 4 members (excludes halogenated alkanes) is 1. The number of halogens is 5. The lowest BCUT2D eigenvalue weighted by atomic mass is 9.59. The van der Waals surface area contributed by atoms with Crippen molar-refractivity contribution in [2.45, 2.75) is 91.4 Å². The van der Waals surface area contributed by atoms with E-state index in [-0.39, 0.29) is 16.7 Å². The highest BCUT2D eigenvalue weighted by Gasteiger charge is 2.43. The smallest absolute Gasteiger partial charge is 0.200 e. The third kappa shape index (κ3) is 6.45. The van der Waals surface area contributed by atoms with Crippen molar-refractivity contribution in [1.82, 2.24) is 5.32 Å². The second-order valence-corrected chi connectivity index (χ2v) is 11.5. The molecule has 2 aromatic carbocycles. The molecule has 0 amide bonds. The van der Waals surface area contributed by atoms with Gasteiger partial charge in [0.25, 0.3) is 0 Å². The summed E-state index contributed by atoms with van der Waals surface area (Å²) in [5.41, 5.74) is 5.31. The molecule has 0 aliphatic heterocycles. The van der Waals surface area contributed by atoms with Crippen molar-refractivity contribution in [3.05, 3.63) is 80.7 Å². The third-order valence-electron chi connectivity index (χ3n) is 8.53. The van der Waals surface area contributed by atoms with Crippen molar-refractivity contribution in [3.63, 3.8) is 0 Å². The first-order valence-corrected chi connectivity index (χ1v) is 14.4. The molecular formula is C32H40F5NS. The highest BCUT2D eigenvalue weighted by atomic mass is 32.1. The summed E-state index contributed by atoms with van der Waals surface area (Å²) in [7, 11) is 0. The predicted molar refractivity (Wildman–Crippen MR) is 153 cm³/mol. The van der Waals surface area contributed by atoms with Crippen LogP contribution in [-0.4, -0.2) is 18.0 Å². The highest BCUT2D eigenvalue weighted by molar-refractivity contribution is 7.80. The van der Waals surface area contributed by atoms with Crippen LogP contribution in [0.4, 0.5) is 22.0 Å². The molecule has 2 aromatic rings. The second kappa shape index (κ2) is 13.5. The Balaban J connectivity index is 1.96. The fourth-order valence-corrected chi connectivity index (χ4v) is 6.51. The van der Waals surface area contributed by atoms with E-state index in [0.717, 1.165) is 50.8 Å². The Morgan fingerprint density at radius 1 is 1.05 bits per heavy atom. The van der Waals surface area contributed by atoms with E-state index < -0.39 is 41.1 Å². The van der Waals surface area contributed by atoms with Gasteiger partial charge in [0, 0.05) is 35.2 Å². The van der Waals surface area contributed by atoms with Gasteiger partial charge in [0.05, 0.1) is 0 Å². The standard InChI is InChI=1S/C32H40F5NS/c1-6-9-14-38-18-32(19(4)10-11-23-13-12-22(8-3)20(5)26(23)32)17-21(7-2)15-24(39)16-25-27(33)29(35)31(37)30(36)28(25)34/h7,12-13,19,38H,6,8-11,14-18H2,1-5H3/b21-7-. The van der Waals surface area contributed by atoms with Crippen LogP contribution in [0.25, 0.3) is 0 Å². The Bertz CT molecular complexity index is 1210. The summed E-state index contributed by atoms with van der Waals surface area (Å²) in [5, 5.41) is 3.71. The summed E-state index contributed by atoms with van der Waals surface area (Å²) < 4.78 is 69.8. The first-order chi connectivity index (χ1) is 18.5. The lowest BCUT2D eigenvalue weighted by molar-refractivity contribution is 0.236. The van der Waals surface area contributed by atoms with Crippen molar-refractivity contribution in [2.24, 2.45) is 5.92 Å². The number of benzene rings is 2. The Kier molecular flexibility index (Phi) is 10.9. The molecule has 0 spiro atoms. The minimum Gasteiger partial charge on any atom is -0.316 e. The number of aryl methyl sites for hydroxylation is 2. The Labute approximate surface area is 235 Å². The summed E-state index contributed by atoms with van der Waals surface area (Å²) >= 11 is 5.49. The van der Waals surface area contributed by atoms with Crippen LogP contribution in [0.3, 0.4) is 0 Å². The van der Waals surface area contributed by atoms with Crippen LogP contribution in [0, 0.1) is 41.9 Å². The summed E-state index contributed by atoms with van der Waals surface area (Å²) in [4.78, 5) is 0.239. The Hall–Kier alpha value is -2.12. The zero-order valence-corrected chi connectivity index (χ0v) is 24.5. The minimum atomic E-state index is -2.15. The third-order valence-corrected chi connectivity index (χ3v) is 8.82. The topological polar surface area (TPSA) is 12.0 Å². The lowest BCUT2D eigenvalue weighted by Crippen LogP contribution is -2.47. The molecule has 3 rings (SSSR count). The van der Waals surface area contributed by atoms with Gasteiger partial charge in [0.15, 0.2) is 23.3 Å². The van der Waals surface area contributed by atoms with Crippen molar-refractivity contribution in [2.75, 3.05) is 13.1 Å². The summed E-state index contributed by atoms with van der Waals surface area (Å²) in [5.74, 6) is -9.30. The van der Waals surface area contributed by atoms with Gasteiger partial charge in [0.1, 0.15) is 0 Å². The fourth-order valence-electron chi connectivity index (χ4n) is 6.18. The highest BCUT2D eigenvalue weighted by Crippen LogP contribution is 2.48. The van der Waals surface area contributed by atoms with Gasteiger partial charge in [-0.3, -0.25) is 0 Å². The maximum atomic E-state index is 14.3. The molecule has 1 aliphatic carbocycles. The fraction of sp³-hybridized carbons (Fsp3) is 0.531. The van der Waals surface area contributed by atoms with E-state index in [9.17, 15) is 22.0 Å². The first-order valence-electron chi connectivity index (χ1n) is 14.0. The molecule has 0 saturated carbocycles. The molecule has 0 radical (unpaired) electrons. The molecule has 2 unspecified atom stereocenters. The molecule has 214 valence electrons. The van der Waals surface area contributed by atoms with E-state index in [0.29, 0.717) is 12.3 Å². The molecule has 1 N–H and O–H groups in total. The number of fused-ring (bicyclic) bond motifs is 1. The maximum Gasteiger partial charge on any atom is 0.200 e. The monoisotopic (exact) mass is 565 g/mol. The molecule has 1 nitrogen and oxygen atoms in total. The maximum absolute atomic E-state index is 14.3. The van der Waals surface area contributed by atoms with Crippen molar-refractivity contribution in [3.8, 4) is 0 Å². The normalized spacial score (nSPS) is 19.3. The van der Waals surface area contributed by atoms with Crippen molar-refractivity contribution >= 4 is 17.1 Å². The van der Waals surface area contributed by atoms with Crippen LogP contribution < -0.4 is 5.32 Å². The molecule has 2 atom stereocenters. The molecule has 1 aliphatic rings. The largest absolute Gasteiger partial charge is 0.316 e. The molecule has 0 fully saturated rings. The van der Waals surface area contributed by atoms with E-state index in [1.165, 1.54) is 22.3 Å². The van der Waals surface area contributed by atoms with E-state index >= 15 is 0 Å². The van der Waals surface area contributed by atoms with Gasteiger partial charge >= 0.3 is 0 Å². The SMILES string of the molecule is C/C=C(/CC(=S)Cc1c(F)c(F)c(F)c(F)c1F)CC1(CNCCCC)c2c(ccc(CC)c2C)CCC1C. The van der Waals surface area contributed by atoms with Crippen molar-refractivity contribution in [1.29, 1.82) is 0 Å². The zero-order valence-electron chi connectivity index (χ0n) is 23.7. The first kappa shape index (κ1) is 31.4.